The molecule has 0 aliphatic carbocycles. The lowest BCUT2D eigenvalue weighted by Crippen LogP contribution is -2.13. The van der Waals surface area contributed by atoms with Gasteiger partial charge < -0.3 is 5.32 Å². The molecule has 2 aromatic rings. The number of nitrogens with one attached hydrogen (secondary N) is 1. The van der Waals surface area contributed by atoms with Gasteiger partial charge in [-0.1, -0.05) is 6.92 Å². The van der Waals surface area contributed by atoms with Gasteiger partial charge in [-0.25, -0.2) is 4.68 Å². The van der Waals surface area contributed by atoms with Crippen LogP contribution in [0.2, 0.25) is 0 Å². The average Bonchev–Trinajstić information content (AvgIpc) is 2.74. The van der Waals surface area contributed by atoms with Crippen LogP contribution in [0.5, 0.6) is 0 Å². The minimum Gasteiger partial charge on any atom is -0.311 e. The molecule has 0 fully saturated rings. The Labute approximate surface area is 103 Å². The van der Waals surface area contributed by atoms with Gasteiger partial charge in [-0.3, -0.25) is 4.98 Å². The highest BCUT2D eigenvalue weighted by Crippen LogP contribution is 2.12. The van der Waals surface area contributed by atoms with Crippen molar-refractivity contribution in [2.45, 2.75) is 13.5 Å². The molecular weight excluding hydrogens is 268 g/mol. The second-order valence-corrected chi connectivity index (χ2v) is 4.30. The quantitative estimate of drug-likeness (QED) is 0.933. The molecule has 84 valence electrons. The van der Waals surface area contributed by atoms with E-state index in [0.717, 1.165) is 28.9 Å². The molecule has 4 nitrogen and oxygen atoms in total. The van der Waals surface area contributed by atoms with Crippen LogP contribution in [-0.2, 0) is 6.54 Å². The van der Waals surface area contributed by atoms with Gasteiger partial charge in [0.1, 0.15) is 0 Å². The van der Waals surface area contributed by atoms with E-state index in [9.17, 15) is 0 Å². The summed E-state index contributed by atoms with van der Waals surface area (Å²) in [7, 11) is 0. The number of rotatable bonds is 4. The Balaban J connectivity index is 2.22. The molecule has 2 aromatic heterocycles. The molecule has 0 saturated heterocycles. The number of hydrogen-bond acceptors (Lipinski definition) is 3. The number of aromatic nitrogens is 3. The summed E-state index contributed by atoms with van der Waals surface area (Å²) in [4.78, 5) is 4.29. The van der Waals surface area contributed by atoms with E-state index in [2.05, 4.69) is 38.3 Å². The van der Waals surface area contributed by atoms with Crippen molar-refractivity contribution < 1.29 is 0 Å². The van der Waals surface area contributed by atoms with Crippen LogP contribution < -0.4 is 5.32 Å². The summed E-state index contributed by atoms with van der Waals surface area (Å²) < 4.78 is 2.79. The van der Waals surface area contributed by atoms with E-state index in [0.29, 0.717) is 0 Å². The van der Waals surface area contributed by atoms with Crippen molar-refractivity contribution >= 4 is 15.9 Å². The molecule has 2 rings (SSSR count). The fourth-order valence-corrected chi connectivity index (χ4v) is 1.69. The first-order valence-corrected chi connectivity index (χ1v) is 5.95. The second kappa shape index (κ2) is 5.23. The van der Waals surface area contributed by atoms with Crippen LogP contribution in [0.15, 0.2) is 35.2 Å². The zero-order valence-electron chi connectivity index (χ0n) is 9.02. The Bertz CT molecular complexity index is 467. The largest absolute Gasteiger partial charge is 0.311 e. The number of pyridine rings is 1. The maximum atomic E-state index is 4.29. The van der Waals surface area contributed by atoms with Gasteiger partial charge in [0.05, 0.1) is 22.1 Å². The predicted molar refractivity (Wildman–Crippen MR) is 66.4 cm³/mol. The van der Waals surface area contributed by atoms with E-state index in [1.54, 1.807) is 12.4 Å². The van der Waals surface area contributed by atoms with Gasteiger partial charge in [0, 0.05) is 18.9 Å². The molecular formula is C11H13BrN4. The van der Waals surface area contributed by atoms with Crippen LogP contribution in [0.1, 0.15) is 12.6 Å². The fraction of sp³-hybridized carbons (Fsp3) is 0.273. The van der Waals surface area contributed by atoms with Crippen molar-refractivity contribution in [2.24, 2.45) is 0 Å². The van der Waals surface area contributed by atoms with Gasteiger partial charge in [0.2, 0.25) is 0 Å². The summed E-state index contributed by atoms with van der Waals surface area (Å²) in [5.74, 6) is 0. The highest BCUT2D eigenvalue weighted by atomic mass is 79.9. The maximum absolute atomic E-state index is 4.29. The van der Waals surface area contributed by atoms with Crippen molar-refractivity contribution in [1.29, 1.82) is 0 Å². The molecule has 0 aliphatic heterocycles. The lowest BCUT2D eigenvalue weighted by Gasteiger charge is -2.04. The minimum atomic E-state index is 0.785. The maximum Gasteiger partial charge on any atom is 0.0679 e. The van der Waals surface area contributed by atoms with Crippen LogP contribution in [0, 0.1) is 0 Å². The van der Waals surface area contributed by atoms with Crippen LogP contribution in [-0.4, -0.2) is 21.3 Å². The highest BCUT2D eigenvalue weighted by Gasteiger charge is 2.00. The lowest BCUT2D eigenvalue weighted by atomic mass is 10.3. The van der Waals surface area contributed by atoms with Crippen LogP contribution >= 0.6 is 15.9 Å². The second-order valence-electron chi connectivity index (χ2n) is 3.39. The van der Waals surface area contributed by atoms with Gasteiger partial charge in [-0.15, -0.1) is 0 Å². The zero-order chi connectivity index (χ0) is 11.4. The number of nitrogens with zero attached hydrogens (tertiary/aromatic N) is 3. The highest BCUT2D eigenvalue weighted by molar-refractivity contribution is 9.10. The Morgan fingerprint density at radius 1 is 1.50 bits per heavy atom. The fourth-order valence-electron chi connectivity index (χ4n) is 1.40. The molecule has 0 atom stereocenters. The smallest absolute Gasteiger partial charge is 0.0679 e. The van der Waals surface area contributed by atoms with Crippen LogP contribution in [0.4, 0.5) is 0 Å². The standard InChI is InChI=1S/C11H13BrN4/c1-2-13-7-10-5-11(3-4-14-10)16-8-9(12)6-15-16/h3-6,8,13H,2,7H2,1H3. The third-order valence-corrected chi connectivity index (χ3v) is 2.58. The summed E-state index contributed by atoms with van der Waals surface area (Å²) in [5, 5.41) is 7.48. The van der Waals surface area contributed by atoms with Crippen LogP contribution in [0.3, 0.4) is 0 Å². The summed E-state index contributed by atoms with van der Waals surface area (Å²) in [6.45, 7) is 3.81. The molecule has 2 heterocycles. The van der Waals surface area contributed by atoms with Crippen molar-refractivity contribution in [1.82, 2.24) is 20.1 Å². The Morgan fingerprint density at radius 3 is 3.06 bits per heavy atom. The van der Waals surface area contributed by atoms with Gasteiger partial charge in [-0.05, 0) is 34.6 Å². The predicted octanol–water partition coefficient (Wildman–Crippen LogP) is 2.14. The van der Waals surface area contributed by atoms with Gasteiger partial charge in [0.25, 0.3) is 0 Å². The van der Waals surface area contributed by atoms with Crippen molar-refractivity contribution in [3.8, 4) is 5.69 Å². The molecule has 0 radical (unpaired) electrons. The summed E-state index contributed by atoms with van der Waals surface area (Å²) >= 11 is 3.38. The molecule has 0 bridgehead atoms. The van der Waals surface area contributed by atoms with E-state index < -0.39 is 0 Å². The molecule has 0 spiro atoms. The van der Waals surface area contributed by atoms with Gasteiger partial charge >= 0.3 is 0 Å². The Kier molecular flexibility index (Phi) is 3.69. The van der Waals surface area contributed by atoms with Gasteiger partial charge in [-0.2, -0.15) is 5.10 Å². The molecule has 16 heavy (non-hydrogen) atoms. The molecule has 0 aliphatic rings. The van der Waals surface area contributed by atoms with Crippen molar-refractivity contribution in [2.75, 3.05) is 6.54 Å². The molecule has 0 aromatic carbocycles. The number of halogens is 1. The first kappa shape index (κ1) is 11.3. The lowest BCUT2D eigenvalue weighted by molar-refractivity contribution is 0.708. The van der Waals surface area contributed by atoms with Gasteiger partial charge in [0.15, 0.2) is 0 Å². The molecule has 1 N–H and O–H groups in total. The van der Waals surface area contributed by atoms with E-state index in [4.69, 9.17) is 0 Å². The first-order chi connectivity index (χ1) is 7.79. The molecule has 0 unspecified atom stereocenters. The minimum absolute atomic E-state index is 0.785. The monoisotopic (exact) mass is 280 g/mol. The van der Waals surface area contributed by atoms with Crippen LogP contribution in [0.25, 0.3) is 5.69 Å². The normalized spacial score (nSPS) is 10.6. The van der Waals surface area contributed by atoms with Crippen molar-refractivity contribution in [3.05, 3.63) is 40.9 Å². The third kappa shape index (κ3) is 2.68. The molecule has 5 heteroatoms. The summed E-state index contributed by atoms with van der Waals surface area (Å²) in [6, 6.07) is 3.97. The SMILES string of the molecule is CCNCc1cc(-n2cc(Br)cn2)ccn1. The Morgan fingerprint density at radius 2 is 2.38 bits per heavy atom. The van der Waals surface area contributed by atoms with Crippen molar-refractivity contribution in [3.63, 3.8) is 0 Å². The summed E-state index contributed by atoms with van der Waals surface area (Å²) in [6.07, 6.45) is 5.49. The zero-order valence-corrected chi connectivity index (χ0v) is 10.6. The molecule has 0 amide bonds. The summed E-state index contributed by atoms with van der Waals surface area (Å²) in [5.41, 5.74) is 2.04. The van der Waals surface area contributed by atoms with E-state index in [-0.39, 0.29) is 0 Å². The third-order valence-electron chi connectivity index (χ3n) is 2.17. The Hall–Kier alpha value is -1.20. The van der Waals surface area contributed by atoms with E-state index in [1.807, 2.05) is 23.0 Å². The molecule has 0 saturated carbocycles. The first-order valence-electron chi connectivity index (χ1n) is 5.16. The topological polar surface area (TPSA) is 42.7 Å². The number of hydrogen-bond donors (Lipinski definition) is 1. The van der Waals surface area contributed by atoms with E-state index in [1.165, 1.54) is 0 Å². The van der Waals surface area contributed by atoms with E-state index >= 15 is 0 Å². The average molecular weight is 281 g/mol.